The number of aromatic hydroxyl groups is 1. The average molecular weight is 224 g/mol. The summed E-state index contributed by atoms with van der Waals surface area (Å²) in [5, 5.41) is 19.3. The Morgan fingerprint density at radius 2 is 2.21 bits per heavy atom. The minimum atomic E-state index is 0.260. The van der Waals surface area contributed by atoms with Crippen LogP contribution in [0.25, 0.3) is 10.1 Å². The van der Waals surface area contributed by atoms with Gasteiger partial charge in [-0.3, -0.25) is 0 Å². The molecule has 0 fully saturated rings. The van der Waals surface area contributed by atoms with Gasteiger partial charge in [-0.2, -0.15) is 5.26 Å². The van der Waals surface area contributed by atoms with Crippen LogP contribution in [0.5, 0.6) is 5.06 Å². The molecule has 0 aliphatic rings. The van der Waals surface area contributed by atoms with Crippen LogP contribution >= 0.6 is 22.9 Å². The molecule has 0 radical (unpaired) electrons. The normalized spacial score (nSPS) is 10.3. The summed E-state index contributed by atoms with van der Waals surface area (Å²) in [5.41, 5.74) is 1.38. The quantitative estimate of drug-likeness (QED) is 0.755. The number of halogens is 1. The fourth-order valence-electron chi connectivity index (χ4n) is 1.33. The number of alkyl halides is 1. The van der Waals surface area contributed by atoms with Gasteiger partial charge in [0, 0.05) is 10.6 Å². The lowest BCUT2D eigenvalue weighted by atomic mass is 10.1. The van der Waals surface area contributed by atoms with E-state index in [1.165, 1.54) is 11.3 Å². The zero-order valence-corrected chi connectivity index (χ0v) is 8.69. The molecule has 0 amide bonds. The fraction of sp³-hybridized carbons (Fsp3) is 0.100. The molecule has 0 spiro atoms. The van der Waals surface area contributed by atoms with E-state index in [-0.39, 0.29) is 5.06 Å². The van der Waals surface area contributed by atoms with Gasteiger partial charge in [0.2, 0.25) is 0 Å². The number of fused-ring (bicyclic) bond motifs is 1. The summed E-state index contributed by atoms with van der Waals surface area (Å²) in [5.74, 6) is 0.315. The van der Waals surface area contributed by atoms with E-state index >= 15 is 0 Å². The molecule has 1 aromatic carbocycles. The molecule has 14 heavy (non-hydrogen) atoms. The van der Waals surface area contributed by atoms with Crippen molar-refractivity contribution in [1.82, 2.24) is 0 Å². The number of thiophene rings is 1. The first-order chi connectivity index (χ1) is 6.74. The van der Waals surface area contributed by atoms with Crippen LogP contribution in [-0.4, -0.2) is 5.11 Å². The second-order valence-corrected chi connectivity index (χ2v) is 4.21. The minimum Gasteiger partial charge on any atom is -0.499 e. The molecule has 0 saturated heterocycles. The van der Waals surface area contributed by atoms with E-state index < -0.39 is 0 Å². The van der Waals surface area contributed by atoms with E-state index in [0.717, 1.165) is 15.6 Å². The number of nitrogens with zero attached hydrogens (tertiary/aromatic N) is 1. The van der Waals surface area contributed by atoms with Crippen LogP contribution in [0.4, 0.5) is 0 Å². The Bertz CT molecular complexity index is 527. The molecule has 70 valence electrons. The summed E-state index contributed by atoms with van der Waals surface area (Å²) in [6.45, 7) is 0. The Morgan fingerprint density at radius 3 is 2.86 bits per heavy atom. The predicted octanol–water partition coefficient (Wildman–Crippen LogP) is 3.22. The van der Waals surface area contributed by atoms with Crippen LogP contribution in [0.3, 0.4) is 0 Å². The van der Waals surface area contributed by atoms with Crippen LogP contribution in [0.2, 0.25) is 0 Å². The summed E-state index contributed by atoms with van der Waals surface area (Å²) in [6, 6.07) is 7.37. The third-order valence-corrected chi connectivity index (χ3v) is 3.18. The summed E-state index contributed by atoms with van der Waals surface area (Å²) >= 11 is 6.97. The summed E-state index contributed by atoms with van der Waals surface area (Å²) < 4.78 is 0.910. The largest absolute Gasteiger partial charge is 0.499 e. The van der Waals surface area contributed by atoms with Crippen molar-refractivity contribution in [2.75, 3.05) is 0 Å². The molecule has 0 aliphatic carbocycles. The van der Waals surface area contributed by atoms with Gasteiger partial charge in [-0.05, 0) is 29.1 Å². The van der Waals surface area contributed by atoms with Crippen LogP contribution < -0.4 is 0 Å². The van der Waals surface area contributed by atoms with Crippen LogP contribution in [0.15, 0.2) is 18.2 Å². The van der Waals surface area contributed by atoms with Crippen molar-refractivity contribution in [1.29, 1.82) is 5.26 Å². The Hall–Kier alpha value is -1.24. The first-order valence-electron chi connectivity index (χ1n) is 3.96. The van der Waals surface area contributed by atoms with Crippen molar-refractivity contribution in [2.45, 2.75) is 5.88 Å². The average Bonchev–Trinajstić information content (AvgIpc) is 2.54. The highest BCUT2D eigenvalue weighted by atomic mass is 35.5. The van der Waals surface area contributed by atoms with Crippen molar-refractivity contribution < 1.29 is 5.11 Å². The van der Waals surface area contributed by atoms with E-state index in [1.807, 2.05) is 6.07 Å². The van der Waals surface area contributed by atoms with Gasteiger partial charge in [0.25, 0.3) is 0 Å². The maximum absolute atomic E-state index is 9.29. The zero-order chi connectivity index (χ0) is 10.1. The number of benzene rings is 1. The molecule has 0 bridgehead atoms. The van der Waals surface area contributed by atoms with E-state index in [4.69, 9.17) is 16.9 Å². The SMILES string of the molecule is N#Cc1cc2sc(O)cc2cc1CCl. The topological polar surface area (TPSA) is 44.0 Å². The van der Waals surface area contributed by atoms with Gasteiger partial charge in [0.1, 0.15) is 0 Å². The second kappa shape index (κ2) is 3.49. The first-order valence-corrected chi connectivity index (χ1v) is 5.31. The van der Waals surface area contributed by atoms with Gasteiger partial charge in [0.05, 0.1) is 11.6 Å². The van der Waals surface area contributed by atoms with E-state index in [0.29, 0.717) is 11.4 Å². The number of hydrogen-bond donors (Lipinski definition) is 1. The van der Waals surface area contributed by atoms with Crippen LogP contribution in [-0.2, 0) is 5.88 Å². The molecule has 1 heterocycles. The third-order valence-electron chi connectivity index (χ3n) is 1.99. The second-order valence-electron chi connectivity index (χ2n) is 2.88. The molecular formula is C10H6ClNOS. The highest BCUT2D eigenvalue weighted by molar-refractivity contribution is 7.20. The van der Waals surface area contributed by atoms with E-state index in [1.54, 1.807) is 12.1 Å². The Balaban J connectivity index is 2.76. The van der Waals surface area contributed by atoms with E-state index in [9.17, 15) is 5.11 Å². The molecule has 4 heteroatoms. The first kappa shape index (κ1) is 9.32. The highest BCUT2D eigenvalue weighted by Crippen LogP contribution is 2.32. The van der Waals surface area contributed by atoms with Crippen molar-refractivity contribution >= 4 is 33.0 Å². The van der Waals surface area contributed by atoms with Gasteiger partial charge >= 0.3 is 0 Å². The number of rotatable bonds is 1. The summed E-state index contributed by atoms with van der Waals surface area (Å²) in [7, 11) is 0. The number of nitriles is 1. The maximum Gasteiger partial charge on any atom is 0.172 e. The van der Waals surface area contributed by atoms with Crippen molar-refractivity contribution in [3.8, 4) is 11.1 Å². The smallest absolute Gasteiger partial charge is 0.172 e. The minimum absolute atomic E-state index is 0.260. The molecule has 0 saturated carbocycles. The molecule has 2 nitrogen and oxygen atoms in total. The van der Waals surface area contributed by atoms with Crippen molar-refractivity contribution in [2.24, 2.45) is 0 Å². The van der Waals surface area contributed by atoms with Crippen LogP contribution in [0, 0.1) is 11.3 Å². The molecular weight excluding hydrogens is 218 g/mol. The molecule has 0 unspecified atom stereocenters. The maximum atomic E-state index is 9.29. The molecule has 2 aromatic rings. The lowest BCUT2D eigenvalue weighted by Crippen LogP contribution is -1.84. The molecule has 0 atom stereocenters. The van der Waals surface area contributed by atoms with E-state index in [2.05, 4.69) is 6.07 Å². The lowest BCUT2D eigenvalue weighted by molar-refractivity contribution is 0.491. The Labute approximate surface area is 90.0 Å². The standard InChI is InChI=1S/C10H6ClNOS/c11-4-7-1-6-3-10(13)14-9(6)2-8(7)5-12/h1-3,13H,4H2. The fourth-order valence-corrected chi connectivity index (χ4v) is 2.38. The van der Waals surface area contributed by atoms with Crippen molar-refractivity contribution in [3.05, 3.63) is 29.3 Å². The Kier molecular flexibility index (Phi) is 2.32. The highest BCUT2D eigenvalue weighted by Gasteiger charge is 2.06. The monoisotopic (exact) mass is 223 g/mol. The van der Waals surface area contributed by atoms with Gasteiger partial charge in [0.15, 0.2) is 5.06 Å². The molecule has 2 rings (SSSR count). The predicted molar refractivity (Wildman–Crippen MR) is 57.8 cm³/mol. The zero-order valence-electron chi connectivity index (χ0n) is 7.12. The van der Waals surface area contributed by atoms with Gasteiger partial charge in [-0.25, -0.2) is 0 Å². The number of hydrogen-bond acceptors (Lipinski definition) is 3. The van der Waals surface area contributed by atoms with Crippen molar-refractivity contribution in [3.63, 3.8) is 0 Å². The molecule has 1 aromatic heterocycles. The van der Waals surface area contributed by atoms with Crippen LogP contribution in [0.1, 0.15) is 11.1 Å². The third kappa shape index (κ3) is 1.43. The molecule has 1 N–H and O–H groups in total. The molecule has 0 aliphatic heterocycles. The summed E-state index contributed by atoms with van der Waals surface area (Å²) in [6.07, 6.45) is 0. The van der Waals surface area contributed by atoms with Gasteiger partial charge in [-0.15, -0.1) is 11.6 Å². The van der Waals surface area contributed by atoms with Gasteiger partial charge in [-0.1, -0.05) is 11.3 Å². The van der Waals surface area contributed by atoms with Gasteiger partial charge < -0.3 is 5.11 Å². The Morgan fingerprint density at radius 1 is 1.43 bits per heavy atom. The summed E-state index contributed by atoms with van der Waals surface area (Å²) in [4.78, 5) is 0. The lowest BCUT2D eigenvalue weighted by Gasteiger charge is -1.98.